The second kappa shape index (κ2) is 7.32. The van der Waals surface area contributed by atoms with E-state index in [-0.39, 0.29) is 11.6 Å². The average molecular weight is 267 g/mol. The van der Waals surface area contributed by atoms with E-state index in [2.05, 4.69) is 5.43 Å². The van der Waals surface area contributed by atoms with Crippen molar-refractivity contribution in [3.63, 3.8) is 0 Å². The van der Waals surface area contributed by atoms with Gasteiger partial charge in [-0.25, -0.2) is 5.84 Å². The summed E-state index contributed by atoms with van der Waals surface area (Å²) in [5, 5.41) is 10.6. The third-order valence-electron chi connectivity index (χ3n) is 2.59. The van der Waals surface area contributed by atoms with Crippen molar-refractivity contribution in [3.05, 3.63) is 33.9 Å². The first-order valence-corrected chi connectivity index (χ1v) is 5.92. The molecule has 0 saturated heterocycles. The number of carbonyl (C=O) groups excluding carboxylic acids is 1. The average Bonchev–Trinajstić information content (AvgIpc) is 2.39. The molecule has 104 valence electrons. The van der Waals surface area contributed by atoms with Crippen LogP contribution in [-0.2, 0) is 4.79 Å². The van der Waals surface area contributed by atoms with Crippen LogP contribution in [0.15, 0.2) is 18.2 Å². The van der Waals surface area contributed by atoms with Gasteiger partial charge in [0.25, 0.3) is 5.69 Å². The Balaban J connectivity index is 2.37. The normalized spacial score (nSPS) is 10.0. The van der Waals surface area contributed by atoms with Crippen molar-refractivity contribution in [2.45, 2.75) is 26.2 Å². The lowest BCUT2D eigenvalue weighted by Crippen LogP contribution is -2.29. The minimum absolute atomic E-state index is 0.0458. The Morgan fingerprint density at radius 2 is 2.21 bits per heavy atom. The van der Waals surface area contributed by atoms with E-state index in [4.69, 9.17) is 10.6 Å². The van der Waals surface area contributed by atoms with Gasteiger partial charge in [-0.05, 0) is 31.4 Å². The van der Waals surface area contributed by atoms with E-state index in [1.807, 2.05) is 0 Å². The molecule has 0 radical (unpaired) electrons. The number of nitro benzene ring substituents is 1. The fraction of sp³-hybridized carbons (Fsp3) is 0.417. The van der Waals surface area contributed by atoms with Crippen molar-refractivity contribution in [2.75, 3.05) is 6.61 Å². The number of hydrogen-bond acceptors (Lipinski definition) is 5. The minimum Gasteiger partial charge on any atom is -0.493 e. The van der Waals surface area contributed by atoms with Gasteiger partial charge < -0.3 is 4.74 Å². The van der Waals surface area contributed by atoms with Crippen LogP contribution in [0.25, 0.3) is 0 Å². The molecule has 19 heavy (non-hydrogen) atoms. The largest absolute Gasteiger partial charge is 0.493 e. The van der Waals surface area contributed by atoms with Crippen molar-refractivity contribution in [1.29, 1.82) is 0 Å². The van der Waals surface area contributed by atoms with Gasteiger partial charge in [-0.1, -0.05) is 0 Å². The Kier molecular flexibility index (Phi) is 5.74. The number of nitrogens with one attached hydrogen (secondary N) is 1. The molecule has 1 amide bonds. The minimum atomic E-state index is -0.442. The van der Waals surface area contributed by atoms with Gasteiger partial charge in [0.05, 0.1) is 11.5 Å². The van der Waals surface area contributed by atoms with Crippen molar-refractivity contribution in [3.8, 4) is 5.75 Å². The molecule has 0 bridgehead atoms. The summed E-state index contributed by atoms with van der Waals surface area (Å²) >= 11 is 0. The number of hydrazine groups is 1. The Bertz CT molecular complexity index is 462. The highest BCUT2D eigenvalue weighted by molar-refractivity contribution is 5.75. The van der Waals surface area contributed by atoms with Gasteiger partial charge in [-0.3, -0.25) is 20.3 Å². The van der Waals surface area contributed by atoms with Crippen molar-refractivity contribution in [2.24, 2.45) is 5.84 Å². The van der Waals surface area contributed by atoms with E-state index in [1.54, 1.807) is 13.0 Å². The zero-order valence-corrected chi connectivity index (χ0v) is 10.7. The summed E-state index contributed by atoms with van der Waals surface area (Å²) in [7, 11) is 0. The van der Waals surface area contributed by atoms with Crippen molar-refractivity contribution >= 4 is 11.6 Å². The van der Waals surface area contributed by atoms with E-state index >= 15 is 0 Å². The zero-order valence-electron chi connectivity index (χ0n) is 10.7. The molecule has 0 aliphatic carbocycles. The summed E-state index contributed by atoms with van der Waals surface area (Å²) in [5.74, 6) is 5.37. The van der Waals surface area contributed by atoms with Gasteiger partial charge in [0.15, 0.2) is 0 Å². The van der Waals surface area contributed by atoms with E-state index in [9.17, 15) is 14.9 Å². The summed E-state index contributed by atoms with van der Waals surface area (Å²) in [6.45, 7) is 2.21. The number of aryl methyl sites for hydroxylation is 1. The molecule has 0 fully saturated rings. The molecule has 0 aliphatic heterocycles. The van der Waals surface area contributed by atoms with E-state index in [0.717, 1.165) is 0 Å². The Labute approximate surface area is 110 Å². The maximum absolute atomic E-state index is 10.9. The first-order chi connectivity index (χ1) is 9.04. The van der Waals surface area contributed by atoms with Gasteiger partial charge >= 0.3 is 0 Å². The summed E-state index contributed by atoms with van der Waals surface area (Å²) in [6.07, 6.45) is 1.75. The quantitative estimate of drug-likeness (QED) is 0.255. The number of nitrogens with two attached hydrogens (primary N) is 1. The molecular formula is C12H17N3O4. The maximum Gasteiger partial charge on any atom is 0.269 e. The van der Waals surface area contributed by atoms with Crippen LogP contribution in [-0.4, -0.2) is 17.4 Å². The van der Waals surface area contributed by atoms with Crippen LogP contribution in [0.4, 0.5) is 5.69 Å². The molecule has 3 N–H and O–H groups in total. The van der Waals surface area contributed by atoms with Crippen LogP contribution in [0, 0.1) is 17.0 Å². The first kappa shape index (κ1) is 14.9. The third-order valence-corrected chi connectivity index (χ3v) is 2.59. The molecule has 7 nitrogen and oxygen atoms in total. The Morgan fingerprint density at radius 3 is 2.79 bits per heavy atom. The van der Waals surface area contributed by atoms with Crippen LogP contribution in [0.2, 0.25) is 0 Å². The topological polar surface area (TPSA) is 107 Å². The predicted octanol–water partition coefficient (Wildman–Crippen LogP) is 1.44. The van der Waals surface area contributed by atoms with Crippen LogP contribution < -0.4 is 16.0 Å². The number of rotatable bonds is 7. The predicted molar refractivity (Wildman–Crippen MR) is 69.5 cm³/mol. The van der Waals surface area contributed by atoms with Gasteiger partial charge in [-0.2, -0.15) is 0 Å². The molecule has 0 saturated carbocycles. The van der Waals surface area contributed by atoms with Crippen LogP contribution >= 0.6 is 0 Å². The van der Waals surface area contributed by atoms with Crippen LogP contribution in [0.1, 0.15) is 24.8 Å². The Hall–Kier alpha value is -2.15. The van der Waals surface area contributed by atoms with Crippen molar-refractivity contribution < 1.29 is 14.5 Å². The number of unbranched alkanes of at least 4 members (excludes halogenated alkanes) is 1. The van der Waals surface area contributed by atoms with E-state index in [0.29, 0.717) is 37.2 Å². The molecule has 1 aromatic rings. The molecule has 7 heteroatoms. The van der Waals surface area contributed by atoms with E-state index < -0.39 is 4.92 Å². The highest BCUT2D eigenvalue weighted by atomic mass is 16.6. The lowest BCUT2D eigenvalue weighted by atomic mass is 10.2. The smallest absolute Gasteiger partial charge is 0.269 e. The van der Waals surface area contributed by atoms with Crippen molar-refractivity contribution in [1.82, 2.24) is 5.43 Å². The maximum atomic E-state index is 10.9. The first-order valence-electron chi connectivity index (χ1n) is 5.92. The second-order valence-corrected chi connectivity index (χ2v) is 4.08. The third kappa shape index (κ3) is 4.92. The molecule has 0 heterocycles. The molecule has 0 aromatic heterocycles. The lowest BCUT2D eigenvalue weighted by molar-refractivity contribution is -0.384. The number of nitrogens with zero attached hydrogens (tertiary/aromatic N) is 1. The number of non-ortho nitro benzene ring substituents is 1. The molecule has 1 aromatic carbocycles. The monoisotopic (exact) mass is 267 g/mol. The van der Waals surface area contributed by atoms with Crippen LogP contribution in [0.5, 0.6) is 5.75 Å². The Morgan fingerprint density at radius 1 is 1.47 bits per heavy atom. The standard InChI is InChI=1S/C12H17N3O4/c1-9-8-10(15(17)18)5-6-11(9)19-7-3-2-4-12(16)14-13/h5-6,8H,2-4,7,13H2,1H3,(H,14,16). The van der Waals surface area contributed by atoms with Crippen LogP contribution in [0.3, 0.4) is 0 Å². The van der Waals surface area contributed by atoms with Gasteiger partial charge in [0.1, 0.15) is 5.75 Å². The summed E-state index contributed by atoms with van der Waals surface area (Å²) in [5.41, 5.74) is 2.82. The molecular weight excluding hydrogens is 250 g/mol. The highest BCUT2D eigenvalue weighted by Gasteiger charge is 2.08. The second-order valence-electron chi connectivity index (χ2n) is 4.08. The van der Waals surface area contributed by atoms with Gasteiger partial charge in [0, 0.05) is 18.6 Å². The molecule has 0 spiro atoms. The zero-order chi connectivity index (χ0) is 14.3. The fourth-order valence-electron chi connectivity index (χ4n) is 1.55. The summed E-state index contributed by atoms with van der Waals surface area (Å²) in [6, 6.07) is 4.46. The number of ether oxygens (including phenoxy) is 1. The van der Waals surface area contributed by atoms with Gasteiger partial charge in [-0.15, -0.1) is 0 Å². The molecule has 1 rings (SSSR count). The summed E-state index contributed by atoms with van der Waals surface area (Å²) in [4.78, 5) is 21.0. The van der Waals surface area contributed by atoms with E-state index in [1.165, 1.54) is 12.1 Å². The number of carbonyl (C=O) groups is 1. The van der Waals surface area contributed by atoms with Gasteiger partial charge in [0.2, 0.25) is 5.91 Å². The number of amides is 1. The molecule has 0 aliphatic rings. The fourth-order valence-corrected chi connectivity index (χ4v) is 1.55. The molecule has 0 unspecified atom stereocenters. The SMILES string of the molecule is Cc1cc([N+](=O)[O-])ccc1OCCCCC(=O)NN. The number of benzene rings is 1. The molecule has 0 atom stereocenters. The highest BCUT2D eigenvalue weighted by Crippen LogP contribution is 2.23. The number of hydrogen-bond donors (Lipinski definition) is 2. The summed E-state index contributed by atoms with van der Waals surface area (Å²) < 4.78 is 5.50. The number of nitro groups is 1. The lowest BCUT2D eigenvalue weighted by Gasteiger charge is -2.08.